The molecule has 2 aromatic rings. The number of fused-ring (bicyclic) bond motifs is 1. The molecule has 154 valence electrons. The summed E-state index contributed by atoms with van der Waals surface area (Å²) >= 11 is 2.64. The van der Waals surface area contributed by atoms with Gasteiger partial charge in [-0.05, 0) is 49.4 Å². The van der Waals surface area contributed by atoms with Crippen LogP contribution in [0.1, 0.15) is 43.0 Å². The fraction of sp³-hybridized carbons (Fsp3) is 0.375. The summed E-state index contributed by atoms with van der Waals surface area (Å²) in [6.07, 6.45) is 0. The van der Waals surface area contributed by atoms with E-state index in [-0.39, 0.29) is 10.7 Å². The van der Waals surface area contributed by atoms with Gasteiger partial charge in [-0.15, -0.1) is 0 Å². The first-order valence-corrected chi connectivity index (χ1v) is 10.6. The maximum Gasteiger partial charge on any atom is 0.165 e. The predicted molar refractivity (Wildman–Crippen MR) is 118 cm³/mol. The number of nitrogens with zero attached hydrogens (tertiary/aromatic N) is 2. The molecule has 0 fully saturated rings. The minimum atomic E-state index is -1.60. The Morgan fingerprint density at radius 1 is 1.27 bits per heavy atom. The summed E-state index contributed by atoms with van der Waals surface area (Å²) < 4.78 is 34.7. The molecule has 0 N–H and O–H groups in total. The van der Waals surface area contributed by atoms with Crippen LogP contribution in [0.3, 0.4) is 0 Å². The first-order chi connectivity index (χ1) is 14.2. The number of ether oxygens (including phenoxy) is 1. The molecule has 0 amide bonds. The third-order valence-corrected chi connectivity index (χ3v) is 4.82. The zero-order chi connectivity index (χ0) is 21.9. The Morgan fingerprint density at radius 3 is 2.67 bits per heavy atom. The van der Waals surface area contributed by atoms with Gasteiger partial charge in [0.15, 0.2) is 22.0 Å². The van der Waals surface area contributed by atoms with Crippen molar-refractivity contribution < 1.29 is 13.5 Å². The van der Waals surface area contributed by atoms with Crippen LogP contribution in [0.4, 0.5) is 14.5 Å². The number of aliphatic imine (C=N–C) groups is 1. The molecule has 1 heterocycles. The molecule has 3 rings (SSSR count). The van der Waals surface area contributed by atoms with E-state index >= 15 is 0 Å². The van der Waals surface area contributed by atoms with Crippen LogP contribution in [0.5, 0.6) is 0 Å². The highest BCUT2D eigenvalue weighted by Crippen LogP contribution is 2.30. The molecular weight excluding hydrogens is 397 g/mol. The van der Waals surface area contributed by atoms with Gasteiger partial charge >= 0.3 is 0 Å². The molecule has 2 aromatic carbocycles. The molecular formula is C24H25AlF2N2O. The highest BCUT2D eigenvalue weighted by Gasteiger charge is 2.26. The van der Waals surface area contributed by atoms with E-state index in [9.17, 15) is 8.78 Å². The van der Waals surface area contributed by atoms with Crippen molar-refractivity contribution in [3.8, 4) is 11.8 Å². The van der Waals surface area contributed by atoms with E-state index in [1.807, 2.05) is 43.0 Å². The summed E-state index contributed by atoms with van der Waals surface area (Å²) in [6.45, 7) is 7.98. The van der Waals surface area contributed by atoms with Gasteiger partial charge in [-0.1, -0.05) is 37.0 Å². The van der Waals surface area contributed by atoms with Gasteiger partial charge in [0.1, 0.15) is 11.7 Å². The number of halogens is 2. The van der Waals surface area contributed by atoms with Crippen LogP contribution in [0.15, 0.2) is 41.4 Å². The quantitative estimate of drug-likeness (QED) is 0.307. The molecule has 0 saturated carbocycles. The predicted octanol–water partition coefficient (Wildman–Crippen LogP) is 4.53. The Balaban J connectivity index is 2.20. The molecule has 1 aliphatic heterocycles. The maximum absolute atomic E-state index is 14.9. The normalized spacial score (nSPS) is 15.7. The van der Waals surface area contributed by atoms with Crippen molar-refractivity contribution in [2.45, 2.75) is 44.9 Å². The summed E-state index contributed by atoms with van der Waals surface area (Å²) in [5, 5.41) is 0. The Hall–Kier alpha value is -2.18. The number of aryl methyl sites for hydroxylation is 1. The third-order valence-electron chi connectivity index (χ3n) is 4.67. The number of anilines is 1. The van der Waals surface area contributed by atoms with Gasteiger partial charge in [0.05, 0.1) is 18.8 Å². The Bertz CT molecular complexity index is 996. The van der Waals surface area contributed by atoms with Crippen molar-refractivity contribution in [1.29, 1.82) is 0 Å². The van der Waals surface area contributed by atoms with E-state index in [0.29, 0.717) is 36.7 Å². The molecule has 1 aliphatic rings. The molecule has 1 atom stereocenters. The second-order valence-electron chi connectivity index (χ2n) is 7.85. The van der Waals surface area contributed by atoms with Crippen molar-refractivity contribution in [1.82, 2.24) is 0 Å². The third kappa shape index (κ3) is 5.29. The van der Waals surface area contributed by atoms with Crippen LogP contribution in [-0.2, 0) is 11.3 Å². The van der Waals surface area contributed by atoms with Gasteiger partial charge in [0.25, 0.3) is 0 Å². The van der Waals surface area contributed by atoms with Crippen LogP contribution >= 0.6 is 0 Å². The lowest BCUT2D eigenvalue weighted by Crippen LogP contribution is -2.36. The summed E-state index contributed by atoms with van der Waals surface area (Å²) in [6, 6.07) is 10.7. The Labute approximate surface area is 185 Å². The van der Waals surface area contributed by atoms with E-state index in [1.165, 1.54) is 19.9 Å². The average Bonchev–Trinajstić information content (AvgIpc) is 2.87. The molecule has 0 aliphatic carbocycles. The number of rotatable bonds is 2. The second-order valence-corrected chi connectivity index (χ2v) is 8.82. The van der Waals surface area contributed by atoms with Crippen LogP contribution < -0.4 is 4.90 Å². The van der Waals surface area contributed by atoms with E-state index in [0.717, 1.165) is 16.8 Å². The van der Waals surface area contributed by atoms with Crippen molar-refractivity contribution in [2.24, 2.45) is 4.99 Å². The minimum Gasteiger partial charge on any atom is -0.375 e. The van der Waals surface area contributed by atoms with E-state index in [1.54, 1.807) is 6.07 Å². The van der Waals surface area contributed by atoms with Gasteiger partial charge in [0.2, 0.25) is 0 Å². The highest BCUT2D eigenvalue weighted by atomic mass is 27.0. The molecule has 2 radical (unpaired) electrons. The SMILES string of the molecule is Cc1cccc(F)c1/C(=N\[CH](C)[Al])N1CCOCc2c(C#CC(C)(C)F)cccc21. The zero-order valence-corrected chi connectivity index (χ0v) is 19.0. The van der Waals surface area contributed by atoms with Gasteiger partial charge in [-0.25, -0.2) is 8.78 Å². The number of hydrogen-bond donors (Lipinski definition) is 0. The van der Waals surface area contributed by atoms with Crippen LogP contribution in [-0.4, -0.2) is 45.9 Å². The lowest BCUT2D eigenvalue weighted by atomic mass is 10.0. The lowest BCUT2D eigenvalue weighted by Gasteiger charge is -2.28. The van der Waals surface area contributed by atoms with Crippen molar-refractivity contribution in [3.05, 3.63) is 64.5 Å². The Kier molecular flexibility index (Phi) is 6.99. The standard InChI is InChI=1S/C24H25F2N2O.Al/c1-5-27-23(22-17(2)8-6-10-20(22)25)28-14-15-29-16-19-18(9-7-11-21(19)28)12-13-24(3,4)26;/h5-11H,14-16H2,1-4H3;/b27-23+;. The molecule has 0 saturated heterocycles. The van der Waals surface area contributed by atoms with E-state index < -0.39 is 5.67 Å². The molecule has 0 bridgehead atoms. The fourth-order valence-electron chi connectivity index (χ4n) is 3.36. The van der Waals surface area contributed by atoms with Crippen LogP contribution in [0.25, 0.3) is 0 Å². The topological polar surface area (TPSA) is 24.8 Å². The minimum absolute atomic E-state index is 0.109. The molecule has 3 nitrogen and oxygen atoms in total. The summed E-state index contributed by atoms with van der Waals surface area (Å²) in [4.78, 5) is 6.64. The largest absolute Gasteiger partial charge is 0.375 e. The highest BCUT2D eigenvalue weighted by molar-refractivity contribution is 6.16. The number of alkyl halides is 1. The first kappa shape index (κ1) is 22.5. The van der Waals surface area contributed by atoms with E-state index in [2.05, 4.69) is 28.1 Å². The van der Waals surface area contributed by atoms with Crippen molar-refractivity contribution >= 4 is 27.8 Å². The van der Waals surface area contributed by atoms with Crippen molar-refractivity contribution in [2.75, 3.05) is 18.1 Å². The summed E-state index contributed by atoms with van der Waals surface area (Å²) in [7, 11) is 0. The van der Waals surface area contributed by atoms with Crippen LogP contribution in [0, 0.1) is 24.6 Å². The Morgan fingerprint density at radius 2 is 2.00 bits per heavy atom. The van der Waals surface area contributed by atoms with Gasteiger partial charge in [0, 0.05) is 23.4 Å². The second kappa shape index (κ2) is 9.31. The summed E-state index contributed by atoms with van der Waals surface area (Å²) in [5.41, 5.74) is 2.09. The van der Waals surface area contributed by atoms with E-state index in [4.69, 9.17) is 9.73 Å². The molecule has 6 heteroatoms. The molecule has 0 spiro atoms. The number of benzene rings is 2. The fourth-order valence-corrected chi connectivity index (χ4v) is 3.50. The monoisotopic (exact) mass is 422 g/mol. The van der Waals surface area contributed by atoms with Gasteiger partial charge < -0.3 is 9.64 Å². The lowest BCUT2D eigenvalue weighted by molar-refractivity contribution is 0.133. The molecule has 1 unspecified atom stereocenters. The van der Waals surface area contributed by atoms with Gasteiger partial charge in [-0.3, -0.25) is 4.99 Å². The van der Waals surface area contributed by atoms with Crippen LogP contribution in [0.2, 0.25) is 0 Å². The molecule has 30 heavy (non-hydrogen) atoms. The van der Waals surface area contributed by atoms with Crippen molar-refractivity contribution in [3.63, 3.8) is 0 Å². The maximum atomic E-state index is 14.9. The molecule has 0 aromatic heterocycles. The summed E-state index contributed by atoms with van der Waals surface area (Å²) in [5.74, 6) is 5.84. The van der Waals surface area contributed by atoms with Gasteiger partial charge in [-0.2, -0.15) is 0 Å². The number of hydrogen-bond acceptors (Lipinski definition) is 2. The smallest absolute Gasteiger partial charge is 0.165 e. The average molecular weight is 422 g/mol. The zero-order valence-electron chi connectivity index (χ0n) is 17.8. The number of amidine groups is 1. The first-order valence-electron chi connectivity index (χ1n) is 9.95.